The quantitative estimate of drug-likeness (QED) is 0.551. The lowest BCUT2D eigenvalue weighted by atomic mass is 10.1. The molecule has 30 heavy (non-hydrogen) atoms. The molecule has 0 radical (unpaired) electrons. The van der Waals surface area contributed by atoms with Crippen molar-refractivity contribution in [2.24, 2.45) is 0 Å². The van der Waals surface area contributed by atoms with E-state index in [-0.39, 0.29) is 19.1 Å². The second kappa shape index (κ2) is 10.7. The maximum absolute atomic E-state index is 11.8. The Kier molecular flexibility index (Phi) is 7.44. The van der Waals surface area contributed by atoms with Crippen LogP contribution in [-0.4, -0.2) is 32.2 Å². The van der Waals surface area contributed by atoms with Crippen LogP contribution < -0.4 is 14.8 Å². The number of carbonyl (C=O) groups is 2. The van der Waals surface area contributed by atoms with Gasteiger partial charge in [0.05, 0.1) is 7.11 Å². The van der Waals surface area contributed by atoms with Gasteiger partial charge in [0.2, 0.25) is 0 Å². The first-order valence-corrected chi connectivity index (χ1v) is 9.47. The predicted molar refractivity (Wildman–Crippen MR) is 113 cm³/mol. The van der Waals surface area contributed by atoms with E-state index in [0.29, 0.717) is 12.3 Å². The molecule has 3 aromatic rings. The highest BCUT2D eigenvalue weighted by Crippen LogP contribution is 2.22. The Balaban J connectivity index is 1.36. The standard InChI is InChI=1S/C24H23NO5/c1-28-21-11-7-18(8-12-21)15-25-23(26)16-30-24(27)17-29-22-13-9-20(10-14-22)19-5-3-2-4-6-19/h2-14H,15-17H2,1H3,(H,25,26). The molecule has 6 heteroatoms. The summed E-state index contributed by atoms with van der Waals surface area (Å²) in [5.74, 6) is 0.303. The molecule has 6 nitrogen and oxygen atoms in total. The van der Waals surface area contributed by atoms with Gasteiger partial charge < -0.3 is 19.5 Å². The first-order valence-electron chi connectivity index (χ1n) is 9.47. The van der Waals surface area contributed by atoms with Crippen LogP contribution in [0.2, 0.25) is 0 Å². The Morgan fingerprint density at radius 2 is 1.40 bits per heavy atom. The number of nitrogens with one attached hydrogen (secondary N) is 1. The summed E-state index contributed by atoms with van der Waals surface area (Å²) in [5.41, 5.74) is 3.07. The van der Waals surface area contributed by atoms with E-state index >= 15 is 0 Å². The van der Waals surface area contributed by atoms with Crippen molar-refractivity contribution in [3.63, 3.8) is 0 Å². The molecule has 0 fully saturated rings. The zero-order valence-corrected chi connectivity index (χ0v) is 16.7. The first kappa shape index (κ1) is 20.9. The minimum atomic E-state index is -0.610. The molecule has 0 aliphatic rings. The van der Waals surface area contributed by atoms with Gasteiger partial charge in [-0.25, -0.2) is 4.79 Å². The lowest BCUT2D eigenvalue weighted by molar-refractivity contribution is -0.150. The Morgan fingerprint density at radius 1 is 0.767 bits per heavy atom. The average Bonchev–Trinajstić information content (AvgIpc) is 2.81. The SMILES string of the molecule is COc1ccc(CNC(=O)COC(=O)COc2ccc(-c3ccccc3)cc2)cc1. The molecular weight excluding hydrogens is 382 g/mol. The van der Waals surface area contributed by atoms with E-state index in [9.17, 15) is 9.59 Å². The van der Waals surface area contributed by atoms with E-state index in [2.05, 4.69) is 5.32 Å². The highest BCUT2D eigenvalue weighted by atomic mass is 16.6. The number of esters is 1. The predicted octanol–water partition coefficient (Wildman–Crippen LogP) is 3.60. The van der Waals surface area contributed by atoms with Gasteiger partial charge in [0.25, 0.3) is 5.91 Å². The number of benzene rings is 3. The van der Waals surface area contributed by atoms with Crippen molar-refractivity contribution < 1.29 is 23.8 Å². The fraction of sp³-hybridized carbons (Fsp3) is 0.167. The zero-order valence-electron chi connectivity index (χ0n) is 16.7. The highest BCUT2D eigenvalue weighted by Gasteiger charge is 2.09. The number of carbonyl (C=O) groups excluding carboxylic acids is 2. The molecule has 0 aliphatic carbocycles. The maximum atomic E-state index is 11.8. The molecule has 3 rings (SSSR count). The molecule has 0 spiro atoms. The summed E-state index contributed by atoms with van der Waals surface area (Å²) in [6, 6.07) is 24.7. The molecule has 0 atom stereocenters. The fourth-order valence-electron chi connectivity index (χ4n) is 2.70. The molecule has 0 saturated carbocycles. The molecule has 0 heterocycles. The monoisotopic (exact) mass is 405 g/mol. The van der Waals surface area contributed by atoms with Crippen LogP contribution in [0.4, 0.5) is 0 Å². The second-order valence-electron chi connectivity index (χ2n) is 6.46. The number of hydrogen-bond acceptors (Lipinski definition) is 5. The minimum Gasteiger partial charge on any atom is -0.497 e. The number of methoxy groups -OCH3 is 1. The van der Waals surface area contributed by atoms with Crippen LogP contribution in [-0.2, 0) is 20.9 Å². The molecule has 0 aromatic heterocycles. The van der Waals surface area contributed by atoms with E-state index in [1.165, 1.54) is 0 Å². The van der Waals surface area contributed by atoms with Gasteiger partial charge in [-0.1, -0.05) is 54.6 Å². The lowest BCUT2D eigenvalue weighted by Crippen LogP contribution is -2.29. The third-order valence-corrected chi connectivity index (χ3v) is 4.33. The molecule has 3 aromatic carbocycles. The Hall–Kier alpha value is -3.80. The van der Waals surface area contributed by atoms with Crippen LogP contribution in [0.15, 0.2) is 78.9 Å². The van der Waals surface area contributed by atoms with E-state index in [1.807, 2.05) is 66.7 Å². The lowest BCUT2D eigenvalue weighted by Gasteiger charge is -2.09. The van der Waals surface area contributed by atoms with Gasteiger partial charge in [-0.3, -0.25) is 4.79 Å². The van der Waals surface area contributed by atoms with Crippen molar-refractivity contribution in [2.75, 3.05) is 20.3 Å². The molecule has 1 N–H and O–H groups in total. The average molecular weight is 405 g/mol. The summed E-state index contributed by atoms with van der Waals surface area (Å²) in [7, 11) is 1.59. The van der Waals surface area contributed by atoms with Crippen molar-refractivity contribution in [3.8, 4) is 22.6 Å². The summed E-state index contributed by atoms with van der Waals surface area (Å²) >= 11 is 0. The van der Waals surface area contributed by atoms with Crippen molar-refractivity contribution in [1.29, 1.82) is 0 Å². The van der Waals surface area contributed by atoms with Crippen molar-refractivity contribution >= 4 is 11.9 Å². The third kappa shape index (κ3) is 6.38. The minimum absolute atomic E-state index is 0.267. The van der Waals surface area contributed by atoms with Gasteiger partial charge in [0.1, 0.15) is 11.5 Å². The fourth-order valence-corrected chi connectivity index (χ4v) is 2.70. The number of ether oxygens (including phenoxy) is 3. The molecule has 1 amide bonds. The van der Waals surface area contributed by atoms with Crippen molar-refractivity contribution in [3.05, 3.63) is 84.4 Å². The largest absolute Gasteiger partial charge is 0.497 e. The molecular formula is C24H23NO5. The maximum Gasteiger partial charge on any atom is 0.344 e. The second-order valence-corrected chi connectivity index (χ2v) is 6.46. The smallest absolute Gasteiger partial charge is 0.344 e. The highest BCUT2D eigenvalue weighted by molar-refractivity contribution is 5.80. The van der Waals surface area contributed by atoms with Crippen LogP contribution in [0.1, 0.15) is 5.56 Å². The summed E-state index contributed by atoms with van der Waals surface area (Å²) in [4.78, 5) is 23.6. The molecule has 0 saturated heterocycles. The number of rotatable bonds is 9. The normalized spacial score (nSPS) is 10.2. The van der Waals surface area contributed by atoms with E-state index in [4.69, 9.17) is 14.2 Å². The van der Waals surface area contributed by atoms with Gasteiger partial charge in [-0.2, -0.15) is 0 Å². The van der Waals surface area contributed by atoms with Crippen LogP contribution in [0.25, 0.3) is 11.1 Å². The van der Waals surface area contributed by atoms with Crippen molar-refractivity contribution in [1.82, 2.24) is 5.32 Å². The molecule has 154 valence electrons. The van der Waals surface area contributed by atoms with Crippen LogP contribution in [0, 0.1) is 0 Å². The van der Waals surface area contributed by atoms with Gasteiger partial charge in [0, 0.05) is 6.54 Å². The first-order chi connectivity index (χ1) is 14.6. The van der Waals surface area contributed by atoms with Crippen molar-refractivity contribution in [2.45, 2.75) is 6.54 Å². The van der Waals surface area contributed by atoms with Crippen LogP contribution in [0.3, 0.4) is 0 Å². The van der Waals surface area contributed by atoms with E-state index in [1.54, 1.807) is 19.2 Å². The van der Waals surface area contributed by atoms with Gasteiger partial charge in [0.15, 0.2) is 13.2 Å². The summed E-state index contributed by atoms with van der Waals surface area (Å²) < 4.78 is 15.5. The van der Waals surface area contributed by atoms with Gasteiger partial charge in [-0.15, -0.1) is 0 Å². The topological polar surface area (TPSA) is 73.9 Å². The van der Waals surface area contributed by atoms with Gasteiger partial charge >= 0.3 is 5.97 Å². The number of amides is 1. The Bertz CT molecular complexity index is 953. The summed E-state index contributed by atoms with van der Waals surface area (Å²) in [6.07, 6.45) is 0. The molecule has 0 unspecified atom stereocenters. The Morgan fingerprint density at radius 3 is 2.07 bits per heavy atom. The van der Waals surface area contributed by atoms with E-state index < -0.39 is 5.97 Å². The van der Waals surface area contributed by atoms with Crippen LogP contribution in [0.5, 0.6) is 11.5 Å². The number of hydrogen-bond donors (Lipinski definition) is 1. The Labute approximate surface area is 175 Å². The molecule has 0 aliphatic heterocycles. The van der Waals surface area contributed by atoms with E-state index in [0.717, 1.165) is 22.4 Å². The van der Waals surface area contributed by atoms with Crippen LogP contribution >= 0.6 is 0 Å². The zero-order chi connectivity index (χ0) is 21.2. The summed E-state index contributed by atoms with van der Waals surface area (Å²) in [6.45, 7) is -0.285. The summed E-state index contributed by atoms with van der Waals surface area (Å²) in [5, 5.41) is 2.69. The molecule has 0 bridgehead atoms. The van der Waals surface area contributed by atoms with Gasteiger partial charge in [-0.05, 0) is 41.0 Å². The third-order valence-electron chi connectivity index (χ3n) is 4.33.